The first-order valence-corrected chi connectivity index (χ1v) is 12.1. The predicted octanol–water partition coefficient (Wildman–Crippen LogP) is 7.06. The van der Waals surface area contributed by atoms with Crippen molar-refractivity contribution in [3.63, 3.8) is 0 Å². The van der Waals surface area contributed by atoms with Gasteiger partial charge in [0, 0.05) is 31.4 Å². The van der Waals surface area contributed by atoms with Crippen LogP contribution in [-0.2, 0) is 0 Å². The molecular weight excluding hydrogens is 430 g/mol. The maximum atomic E-state index is 13.3. The SMILES string of the molecule is CCN(CC)c1ccc2c(C(C)N(C)C(=O)c3ccc(-c4ccc(C#N)cc4)cc3)cccc2c1. The van der Waals surface area contributed by atoms with Crippen molar-refractivity contribution in [2.75, 3.05) is 25.0 Å². The van der Waals surface area contributed by atoms with Crippen LogP contribution in [-0.4, -0.2) is 30.9 Å². The molecule has 4 rings (SSSR count). The third-order valence-corrected chi connectivity index (χ3v) is 6.86. The largest absolute Gasteiger partial charge is 0.372 e. The van der Waals surface area contributed by atoms with Crippen molar-refractivity contribution in [2.24, 2.45) is 0 Å². The van der Waals surface area contributed by atoms with Gasteiger partial charge in [-0.15, -0.1) is 0 Å². The third-order valence-electron chi connectivity index (χ3n) is 6.86. The van der Waals surface area contributed by atoms with E-state index in [2.05, 4.69) is 68.1 Å². The zero-order valence-electron chi connectivity index (χ0n) is 20.8. The monoisotopic (exact) mass is 461 g/mol. The summed E-state index contributed by atoms with van der Waals surface area (Å²) in [5.74, 6) is -0.0133. The first-order valence-electron chi connectivity index (χ1n) is 12.1. The third kappa shape index (κ3) is 4.90. The lowest BCUT2D eigenvalue weighted by atomic mass is 9.97. The molecule has 1 atom stereocenters. The Morgan fingerprint density at radius 2 is 1.51 bits per heavy atom. The van der Waals surface area contributed by atoms with Gasteiger partial charge in [-0.3, -0.25) is 4.79 Å². The van der Waals surface area contributed by atoms with Crippen molar-refractivity contribution in [1.29, 1.82) is 5.26 Å². The summed E-state index contributed by atoms with van der Waals surface area (Å²) in [6.45, 7) is 8.36. The Bertz CT molecular complexity index is 1360. The van der Waals surface area contributed by atoms with E-state index in [1.807, 2.05) is 48.3 Å². The Morgan fingerprint density at radius 1 is 0.886 bits per heavy atom. The first kappa shape index (κ1) is 24.0. The van der Waals surface area contributed by atoms with Gasteiger partial charge in [0.25, 0.3) is 5.91 Å². The molecule has 35 heavy (non-hydrogen) atoms. The number of fused-ring (bicyclic) bond motifs is 1. The van der Waals surface area contributed by atoms with Crippen LogP contribution in [0.3, 0.4) is 0 Å². The molecule has 0 heterocycles. The Kier molecular flexibility index (Phi) is 7.17. The molecule has 4 heteroatoms. The molecule has 0 aliphatic carbocycles. The summed E-state index contributed by atoms with van der Waals surface area (Å²) in [5.41, 5.74) is 5.68. The fourth-order valence-electron chi connectivity index (χ4n) is 4.58. The Morgan fingerprint density at radius 3 is 2.11 bits per heavy atom. The highest BCUT2D eigenvalue weighted by Crippen LogP contribution is 2.31. The average molecular weight is 462 g/mol. The van der Waals surface area contributed by atoms with Crippen molar-refractivity contribution in [3.05, 3.63) is 102 Å². The average Bonchev–Trinajstić information content (AvgIpc) is 2.92. The molecule has 4 aromatic carbocycles. The summed E-state index contributed by atoms with van der Waals surface area (Å²) in [6.07, 6.45) is 0. The second-order valence-electron chi connectivity index (χ2n) is 8.78. The van der Waals surface area contributed by atoms with Crippen LogP contribution in [0, 0.1) is 11.3 Å². The van der Waals surface area contributed by atoms with Crippen molar-refractivity contribution in [1.82, 2.24) is 4.90 Å². The van der Waals surface area contributed by atoms with Crippen molar-refractivity contribution < 1.29 is 4.79 Å². The minimum Gasteiger partial charge on any atom is -0.372 e. The minimum atomic E-state index is -0.0799. The van der Waals surface area contributed by atoms with Crippen molar-refractivity contribution >= 4 is 22.4 Å². The molecule has 1 unspecified atom stereocenters. The molecule has 4 aromatic rings. The number of nitriles is 1. The molecule has 1 amide bonds. The van der Waals surface area contributed by atoms with Crippen LogP contribution in [0.1, 0.15) is 48.3 Å². The number of anilines is 1. The van der Waals surface area contributed by atoms with Gasteiger partial charge in [-0.1, -0.05) is 48.5 Å². The molecule has 0 aliphatic heterocycles. The lowest BCUT2D eigenvalue weighted by molar-refractivity contribution is 0.0743. The lowest BCUT2D eigenvalue weighted by Gasteiger charge is -2.27. The fraction of sp³-hybridized carbons (Fsp3) is 0.226. The number of carbonyl (C=O) groups is 1. The number of hydrogen-bond donors (Lipinski definition) is 0. The number of hydrogen-bond acceptors (Lipinski definition) is 3. The quantitative estimate of drug-likeness (QED) is 0.296. The van der Waals surface area contributed by atoms with Gasteiger partial charge in [-0.05, 0) is 84.6 Å². The highest BCUT2D eigenvalue weighted by Gasteiger charge is 2.21. The van der Waals surface area contributed by atoms with Gasteiger partial charge in [-0.25, -0.2) is 0 Å². The van der Waals surface area contributed by atoms with E-state index in [1.54, 1.807) is 12.1 Å². The molecule has 0 saturated carbocycles. The molecule has 4 nitrogen and oxygen atoms in total. The summed E-state index contributed by atoms with van der Waals surface area (Å²) in [5, 5.41) is 11.4. The zero-order valence-corrected chi connectivity index (χ0v) is 20.8. The molecule has 0 bridgehead atoms. The smallest absolute Gasteiger partial charge is 0.254 e. The summed E-state index contributed by atoms with van der Waals surface area (Å²) in [4.78, 5) is 17.5. The Balaban J connectivity index is 1.56. The fourth-order valence-corrected chi connectivity index (χ4v) is 4.58. The highest BCUT2D eigenvalue weighted by atomic mass is 16.2. The van der Waals surface area contributed by atoms with Gasteiger partial charge in [0.1, 0.15) is 0 Å². The van der Waals surface area contributed by atoms with Crippen LogP contribution in [0.4, 0.5) is 5.69 Å². The minimum absolute atomic E-state index is 0.0133. The van der Waals surface area contributed by atoms with Crippen LogP contribution in [0.25, 0.3) is 21.9 Å². The van der Waals surface area contributed by atoms with E-state index >= 15 is 0 Å². The predicted molar refractivity (Wildman–Crippen MR) is 145 cm³/mol. The van der Waals surface area contributed by atoms with Crippen molar-refractivity contribution in [2.45, 2.75) is 26.8 Å². The maximum absolute atomic E-state index is 13.3. The summed E-state index contributed by atoms with van der Waals surface area (Å²) < 4.78 is 0. The van der Waals surface area contributed by atoms with Gasteiger partial charge < -0.3 is 9.80 Å². The number of nitrogens with zero attached hydrogens (tertiary/aromatic N) is 3. The van der Waals surface area contributed by atoms with Crippen LogP contribution >= 0.6 is 0 Å². The van der Waals surface area contributed by atoms with Gasteiger partial charge >= 0.3 is 0 Å². The van der Waals surface area contributed by atoms with E-state index in [9.17, 15) is 4.79 Å². The molecule has 176 valence electrons. The van der Waals surface area contributed by atoms with E-state index in [1.165, 1.54) is 16.5 Å². The van der Waals surface area contributed by atoms with Crippen molar-refractivity contribution in [3.8, 4) is 17.2 Å². The molecule has 0 saturated heterocycles. The van der Waals surface area contributed by atoms with Crippen LogP contribution in [0.15, 0.2) is 84.9 Å². The standard InChI is InChI=1S/C31H31N3O/c1-5-34(6-2)28-18-19-30-27(20-28)8-7-9-29(30)22(3)33(4)31(35)26-16-14-25(15-17-26)24-12-10-23(21-32)11-13-24/h7-20,22H,5-6H2,1-4H3. The van der Waals surface area contributed by atoms with E-state index < -0.39 is 0 Å². The molecule has 0 spiro atoms. The number of carbonyl (C=O) groups excluding carboxylic acids is 1. The normalized spacial score (nSPS) is 11.6. The zero-order chi connectivity index (χ0) is 24.9. The van der Waals surface area contributed by atoms with Crippen LogP contribution < -0.4 is 4.90 Å². The van der Waals surface area contributed by atoms with E-state index in [0.29, 0.717) is 11.1 Å². The van der Waals surface area contributed by atoms with Gasteiger partial charge in [0.05, 0.1) is 17.7 Å². The molecule has 0 N–H and O–H groups in total. The van der Waals surface area contributed by atoms with E-state index in [-0.39, 0.29) is 11.9 Å². The molecule has 0 aliphatic rings. The van der Waals surface area contributed by atoms with Gasteiger partial charge in [0.2, 0.25) is 0 Å². The maximum Gasteiger partial charge on any atom is 0.254 e. The summed E-state index contributed by atoms with van der Waals surface area (Å²) in [7, 11) is 1.87. The second kappa shape index (κ2) is 10.4. The number of amides is 1. The summed E-state index contributed by atoms with van der Waals surface area (Å²) in [6, 6.07) is 30.1. The topological polar surface area (TPSA) is 47.3 Å². The number of rotatable bonds is 7. The second-order valence-corrected chi connectivity index (χ2v) is 8.78. The highest BCUT2D eigenvalue weighted by molar-refractivity contribution is 5.95. The van der Waals surface area contributed by atoms with Crippen LogP contribution in [0.5, 0.6) is 0 Å². The first-order chi connectivity index (χ1) is 17.0. The lowest BCUT2D eigenvalue weighted by Crippen LogP contribution is -2.29. The Labute approximate surface area is 208 Å². The van der Waals surface area contributed by atoms with E-state index in [0.717, 1.165) is 29.8 Å². The summed E-state index contributed by atoms with van der Waals surface area (Å²) >= 11 is 0. The van der Waals surface area contributed by atoms with E-state index in [4.69, 9.17) is 5.26 Å². The van der Waals surface area contributed by atoms with Crippen LogP contribution in [0.2, 0.25) is 0 Å². The van der Waals surface area contributed by atoms with Gasteiger partial charge in [-0.2, -0.15) is 5.26 Å². The molecule has 0 aromatic heterocycles. The van der Waals surface area contributed by atoms with Gasteiger partial charge in [0.15, 0.2) is 0 Å². The number of benzene rings is 4. The molecule has 0 radical (unpaired) electrons. The Hall–Kier alpha value is -4.10. The molecule has 0 fully saturated rings. The molecular formula is C31H31N3O.